The maximum atomic E-state index is 11.8. The first-order valence-electron chi connectivity index (χ1n) is 8.39. The SMILES string of the molecule is Cc1ccc(C(c2ccc(Cl)cc2Cl)N2CCCC2C(=O)O)c(C)c1. The lowest BCUT2D eigenvalue weighted by molar-refractivity contribution is -0.142. The highest BCUT2D eigenvalue weighted by molar-refractivity contribution is 6.35. The van der Waals surface area contributed by atoms with Crippen molar-refractivity contribution in [3.8, 4) is 0 Å². The van der Waals surface area contributed by atoms with Gasteiger partial charge in [-0.05, 0) is 55.5 Å². The smallest absolute Gasteiger partial charge is 0.320 e. The summed E-state index contributed by atoms with van der Waals surface area (Å²) in [4.78, 5) is 13.8. The Morgan fingerprint density at radius 2 is 1.88 bits per heavy atom. The number of hydrogen-bond donors (Lipinski definition) is 1. The molecule has 0 radical (unpaired) electrons. The van der Waals surface area contributed by atoms with Gasteiger partial charge in [0.05, 0.1) is 6.04 Å². The van der Waals surface area contributed by atoms with Crippen LogP contribution in [-0.2, 0) is 4.79 Å². The molecule has 2 atom stereocenters. The molecule has 1 aliphatic heterocycles. The van der Waals surface area contributed by atoms with Gasteiger partial charge in [-0.2, -0.15) is 0 Å². The van der Waals surface area contributed by atoms with Crippen LogP contribution < -0.4 is 0 Å². The molecule has 2 aromatic carbocycles. The highest BCUT2D eigenvalue weighted by Gasteiger charge is 2.38. The number of nitrogens with zero attached hydrogens (tertiary/aromatic N) is 1. The van der Waals surface area contributed by atoms with E-state index in [1.54, 1.807) is 6.07 Å². The van der Waals surface area contributed by atoms with Crippen LogP contribution in [0, 0.1) is 13.8 Å². The van der Waals surface area contributed by atoms with Crippen molar-refractivity contribution in [2.75, 3.05) is 6.54 Å². The Labute approximate surface area is 158 Å². The molecule has 25 heavy (non-hydrogen) atoms. The van der Waals surface area contributed by atoms with E-state index in [2.05, 4.69) is 36.9 Å². The van der Waals surface area contributed by atoms with Crippen LogP contribution in [0.3, 0.4) is 0 Å². The standard InChI is InChI=1S/C20H21Cl2NO2/c1-12-5-7-15(13(2)10-12)19(16-8-6-14(21)11-17(16)22)23-9-3-4-18(23)20(24)25/h5-8,10-11,18-19H,3-4,9H2,1-2H3,(H,24,25). The number of carboxylic acids is 1. The Bertz CT molecular complexity index is 755. The Morgan fingerprint density at radius 3 is 2.52 bits per heavy atom. The number of aliphatic carboxylic acids is 1. The average Bonchev–Trinajstić information content (AvgIpc) is 3.01. The monoisotopic (exact) mass is 377 g/mol. The third kappa shape index (κ3) is 3.69. The van der Waals surface area contributed by atoms with E-state index in [4.69, 9.17) is 23.2 Å². The minimum Gasteiger partial charge on any atom is -0.480 e. The van der Waals surface area contributed by atoms with Crippen molar-refractivity contribution in [2.45, 2.75) is 38.8 Å². The van der Waals surface area contributed by atoms with Gasteiger partial charge in [0.25, 0.3) is 0 Å². The number of rotatable bonds is 4. The van der Waals surface area contributed by atoms with Crippen LogP contribution in [-0.4, -0.2) is 28.6 Å². The number of carbonyl (C=O) groups is 1. The van der Waals surface area contributed by atoms with Gasteiger partial charge in [0.2, 0.25) is 0 Å². The summed E-state index contributed by atoms with van der Waals surface area (Å²) in [6.07, 6.45) is 1.52. The Hall–Kier alpha value is -1.55. The molecular weight excluding hydrogens is 357 g/mol. The first-order valence-corrected chi connectivity index (χ1v) is 9.14. The zero-order chi connectivity index (χ0) is 18.1. The summed E-state index contributed by atoms with van der Waals surface area (Å²) >= 11 is 12.6. The second-order valence-electron chi connectivity index (χ2n) is 6.66. The molecule has 5 heteroatoms. The number of halogens is 2. The lowest BCUT2D eigenvalue weighted by atomic mass is 9.92. The largest absolute Gasteiger partial charge is 0.480 e. The molecule has 1 N–H and O–H groups in total. The fourth-order valence-electron chi connectivity index (χ4n) is 3.74. The molecule has 1 fully saturated rings. The summed E-state index contributed by atoms with van der Waals surface area (Å²) in [6.45, 7) is 4.84. The number of benzene rings is 2. The first-order chi connectivity index (χ1) is 11.9. The predicted octanol–water partition coefficient (Wildman–Crippen LogP) is 5.25. The van der Waals surface area contributed by atoms with Crippen LogP contribution >= 0.6 is 23.2 Å². The van der Waals surface area contributed by atoms with E-state index in [1.165, 1.54) is 5.56 Å². The normalized spacial score (nSPS) is 19.1. The topological polar surface area (TPSA) is 40.5 Å². The molecule has 132 valence electrons. The van der Waals surface area contributed by atoms with Gasteiger partial charge in [-0.15, -0.1) is 0 Å². The lowest BCUT2D eigenvalue weighted by Crippen LogP contribution is -2.39. The van der Waals surface area contributed by atoms with Gasteiger partial charge in [-0.25, -0.2) is 0 Å². The molecule has 2 unspecified atom stereocenters. The molecule has 3 nitrogen and oxygen atoms in total. The van der Waals surface area contributed by atoms with Crippen molar-refractivity contribution in [3.05, 3.63) is 68.7 Å². The van der Waals surface area contributed by atoms with Gasteiger partial charge < -0.3 is 5.11 Å². The van der Waals surface area contributed by atoms with E-state index in [-0.39, 0.29) is 6.04 Å². The van der Waals surface area contributed by atoms with Gasteiger partial charge in [-0.3, -0.25) is 9.69 Å². The molecule has 2 aromatic rings. The zero-order valence-corrected chi connectivity index (χ0v) is 15.8. The van der Waals surface area contributed by atoms with E-state index in [1.807, 2.05) is 12.1 Å². The van der Waals surface area contributed by atoms with E-state index in [0.717, 1.165) is 29.7 Å². The summed E-state index contributed by atoms with van der Waals surface area (Å²) in [7, 11) is 0. The van der Waals surface area contributed by atoms with Crippen molar-refractivity contribution >= 4 is 29.2 Å². The van der Waals surface area contributed by atoms with Crippen LogP contribution in [0.25, 0.3) is 0 Å². The maximum absolute atomic E-state index is 11.8. The third-order valence-electron chi connectivity index (χ3n) is 4.89. The number of carboxylic acid groups (broad SMARTS) is 1. The van der Waals surface area contributed by atoms with E-state index in [9.17, 15) is 9.90 Å². The van der Waals surface area contributed by atoms with Gasteiger partial charge in [-0.1, -0.05) is 53.0 Å². The summed E-state index contributed by atoms with van der Waals surface area (Å²) in [6, 6.07) is 11.0. The molecular formula is C20H21Cl2NO2. The lowest BCUT2D eigenvalue weighted by Gasteiger charge is -2.33. The van der Waals surface area contributed by atoms with E-state index in [0.29, 0.717) is 16.5 Å². The molecule has 1 heterocycles. The predicted molar refractivity (Wildman–Crippen MR) is 102 cm³/mol. The van der Waals surface area contributed by atoms with E-state index < -0.39 is 12.0 Å². The average molecular weight is 378 g/mol. The number of aryl methyl sites for hydroxylation is 2. The quantitative estimate of drug-likeness (QED) is 0.790. The molecule has 1 saturated heterocycles. The van der Waals surface area contributed by atoms with Gasteiger partial charge >= 0.3 is 5.97 Å². The molecule has 3 rings (SSSR count). The molecule has 0 saturated carbocycles. The molecule has 0 amide bonds. The van der Waals surface area contributed by atoms with Crippen LogP contribution in [0.2, 0.25) is 10.0 Å². The minimum absolute atomic E-state index is 0.200. The summed E-state index contributed by atoms with van der Waals surface area (Å²) in [5.74, 6) is -0.780. The van der Waals surface area contributed by atoms with Crippen molar-refractivity contribution in [3.63, 3.8) is 0 Å². The second kappa shape index (κ2) is 7.36. The Kier molecular flexibility index (Phi) is 5.38. The van der Waals surface area contributed by atoms with Gasteiger partial charge in [0.15, 0.2) is 0 Å². The summed E-state index contributed by atoms with van der Waals surface area (Å²) in [5, 5.41) is 10.8. The summed E-state index contributed by atoms with van der Waals surface area (Å²) < 4.78 is 0. The molecule has 0 aromatic heterocycles. The van der Waals surface area contributed by atoms with Crippen molar-refractivity contribution < 1.29 is 9.90 Å². The number of likely N-dealkylation sites (tertiary alicyclic amines) is 1. The molecule has 0 bridgehead atoms. The highest BCUT2D eigenvalue weighted by atomic mass is 35.5. The van der Waals surface area contributed by atoms with E-state index >= 15 is 0 Å². The zero-order valence-electron chi connectivity index (χ0n) is 14.3. The first kappa shape index (κ1) is 18.2. The fourth-order valence-corrected chi connectivity index (χ4v) is 4.26. The Morgan fingerprint density at radius 1 is 1.16 bits per heavy atom. The number of hydrogen-bond acceptors (Lipinski definition) is 2. The van der Waals surface area contributed by atoms with Crippen molar-refractivity contribution in [2.24, 2.45) is 0 Å². The van der Waals surface area contributed by atoms with Gasteiger partial charge in [0, 0.05) is 16.6 Å². The second-order valence-corrected chi connectivity index (χ2v) is 7.51. The van der Waals surface area contributed by atoms with Crippen molar-refractivity contribution in [1.82, 2.24) is 4.90 Å². The van der Waals surface area contributed by atoms with Crippen LogP contribution in [0.1, 0.15) is 41.1 Å². The minimum atomic E-state index is -0.780. The Balaban J connectivity index is 2.16. The summed E-state index contributed by atoms with van der Waals surface area (Å²) in [5.41, 5.74) is 4.29. The maximum Gasteiger partial charge on any atom is 0.320 e. The fraction of sp³-hybridized carbons (Fsp3) is 0.350. The van der Waals surface area contributed by atoms with Crippen LogP contribution in [0.15, 0.2) is 36.4 Å². The van der Waals surface area contributed by atoms with Crippen LogP contribution in [0.5, 0.6) is 0 Å². The molecule has 1 aliphatic rings. The van der Waals surface area contributed by atoms with Gasteiger partial charge in [0.1, 0.15) is 6.04 Å². The third-order valence-corrected chi connectivity index (χ3v) is 5.45. The molecule has 0 spiro atoms. The molecule has 0 aliphatic carbocycles. The highest BCUT2D eigenvalue weighted by Crippen LogP contribution is 2.40. The van der Waals surface area contributed by atoms with Crippen LogP contribution in [0.4, 0.5) is 0 Å². The van der Waals surface area contributed by atoms with Crippen molar-refractivity contribution in [1.29, 1.82) is 0 Å².